The maximum atomic E-state index is 12.7. The number of amides is 1. The number of hydrogen-bond acceptors (Lipinski definition) is 5. The van der Waals surface area contributed by atoms with Crippen molar-refractivity contribution in [2.45, 2.75) is 13.5 Å². The van der Waals surface area contributed by atoms with Crippen LogP contribution in [0.3, 0.4) is 0 Å². The van der Waals surface area contributed by atoms with Gasteiger partial charge in [-0.05, 0) is 31.2 Å². The summed E-state index contributed by atoms with van der Waals surface area (Å²) in [6.07, 6.45) is 0. The van der Waals surface area contributed by atoms with E-state index in [1.807, 2.05) is 6.92 Å². The number of carbonyl (C=O) groups excluding carboxylic acids is 1. The van der Waals surface area contributed by atoms with Gasteiger partial charge in [-0.3, -0.25) is 25.0 Å². The molecule has 0 atom stereocenters. The normalized spacial score (nSPS) is 11.2. The minimum Gasteiger partial charge on any atom is -0.277 e. The summed E-state index contributed by atoms with van der Waals surface area (Å²) in [5.74, 6) is -0.253. The standard InChI is InChI=1S/C19H13Cl3N4O2S/c1-2-26-18(28)10-5-3-4-6-12(10)23-19(26)25-24-17(27)16-15(22)14-11(21)7-9(20)8-13(14)29-16/h3-8H,2H2,1H3,(H,23,25)(H,24,27). The molecule has 0 saturated carbocycles. The quantitative estimate of drug-likeness (QED) is 0.397. The van der Waals surface area contributed by atoms with Crippen molar-refractivity contribution in [3.05, 3.63) is 66.7 Å². The van der Waals surface area contributed by atoms with Crippen LogP contribution in [0.2, 0.25) is 15.1 Å². The molecule has 0 aliphatic carbocycles. The second-order valence-electron chi connectivity index (χ2n) is 6.09. The van der Waals surface area contributed by atoms with Gasteiger partial charge < -0.3 is 0 Å². The Morgan fingerprint density at radius 1 is 1.21 bits per heavy atom. The van der Waals surface area contributed by atoms with Crippen molar-refractivity contribution in [2.24, 2.45) is 0 Å². The minimum atomic E-state index is -0.478. The molecule has 2 heterocycles. The summed E-state index contributed by atoms with van der Waals surface area (Å²) in [6, 6.07) is 10.3. The summed E-state index contributed by atoms with van der Waals surface area (Å²) in [5.41, 5.74) is 5.62. The minimum absolute atomic E-state index is 0.198. The number of fused-ring (bicyclic) bond motifs is 2. The first-order valence-electron chi connectivity index (χ1n) is 8.53. The molecule has 0 unspecified atom stereocenters. The van der Waals surface area contributed by atoms with Crippen molar-refractivity contribution in [3.8, 4) is 0 Å². The predicted octanol–water partition coefficient (Wildman–Crippen LogP) is 5.35. The molecule has 4 aromatic rings. The lowest BCUT2D eigenvalue weighted by Crippen LogP contribution is -2.34. The molecular weight excluding hydrogens is 455 g/mol. The lowest BCUT2D eigenvalue weighted by molar-refractivity contribution is 0.0966. The molecule has 2 aromatic carbocycles. The van der Waals surface area contributed by atoms with Gasteiger partial charge >= 0.3 is 0 Å². The third kappa shape index (κ3) is 3.55. The first-order valence-corrected chi connectivity index (χ1v) is 10.5. The van der Waals surface area contributed by atoms with E-state index in [1.165, 1.54) is 15.9 Å². The lowest BCUT2D eigenvalue weighted by atomic mass is 10.2. The van der Waals surface area contributed by atoms with Crippen molar-refractivity contribution >= 4 is 79.0 Å². The number of para-hydroxylation sites is 1. The maximum Gasteiger partial charge on any atom is 0.281 e. The number of hydrogen-bond donors (Lipinski definition) is 2. The van der Waals surface area contributed by atoms with Gasteiger partial charge in [0.2, 0.25) is 5.95 Å². The Balaban J connectivity index is 1.67. The number of nitrogens with one attached hydrogen (secondary N) is 2. The predicted molar refractivity (Wildman–Crippen MR) is 120 cm³/mol. The van der Waals surface area contributed by atoms with Gasteiger partial charge in [-0.15, -0.1) is 11.3 Å². The average molecular weight is 468 g/mol. The number of rotatable bonds is 4. The first-order chi connectivity index (χ1) is 13.9. The van der Waals surface area contributed by atoms with Gasteiger partial charge in [-0.1, -0.05) is 46.9 Å². The van der Waals surface area contributed by atoms with Crippen LogP contribution in [-0.2, 0) is 6.54 Å². The SMILES string of the molecule is CCn1c(NNC(=O)c2sc3cc(Cl)cc(Cl)c3c2Cl)nc2ccccc2c1=O. The fourth-order valence-electron chi connectivity index (χ4n) is 2.98. The highest BCUT2D eigenvalue weighted by molar-refractivity contribution is 7.21. The van der Waals surface area contributed by atoms with Crippen molar-refractivity contribution in [3.63, 3.8) is 0 Å². The fourth-order valence-corrected chi connectivity index (χ4v) is 5.26. The summed E-state index contributed by atoms with van der Waals surface area (Å²) in [6.45, 7) is 2.20. The van der Waals surface area contributed by atoms with E-state index in [0.717, 1.165) is 0 Å². The zero-order valence-corrected chi connectivity index (χ0v) is 18.0. The molecular formula is C19H13Cl3N4O2S. The van der Waals surface area contributed by atoms with Gasteiger partial charge in [0.05, 0.1) is 20.9 Å². The largest absolute Gasteiger partial charge is 0.281 e. The number of halogens is 3. The Morgan fingerprint density at radius 2 is 1.97 bits per heavy atom. The van der Waals surface area contributed by atoms with Crippen LogP contribution < -0.4 is 16.4 Å². The molecule has 0 fully saturated rings. The van der Waals surface area contributed by atoms with Crippen LogP contribution in [0.15, 0.2) is 41.2 Å². The first kappa shape index (κ1) is 20.0. The van der Waals surface area contributed by atoms with Gasteiger partial charge in [0.1, 0.15) is 4.88 Å². The highest BCUT2D eigenvalue weighted by Gasteiger charge is 2.20. The summed E-state index contributed by atoms with van der Waals surface area (Å²) in [5, 5.41) is 2.15. The number of anilines is 1. The third-order valence-corrected chi connectivity index (χ3v) is 6.46. The summed E-state index contributed by atoms with van der Waals surface area (Å²) < 4.78 is 2.14. The van der Waals surface area contributed by atoms with E-state index in [9.17, 15) is 9.59 Å². The van der Waals surface area contributed by atoms with E-state index >= 15 is 0 Å². The highest BCUT2D eigenvalue weighted by atomic mass is 35.5. The molecule has 4 rings (SSSR count). The molecule has 0 spiro atoms. The molecule has 10 heteroatoms. The smallest absolute Gasteiger partial charge is 0.277 e. The van der Waals surface area contributed by atoms with Gasteiger partial charge in [0.25, 0.3) is 11.5 Å². The third-order valence-electron chi connectivity index (χ3n) is 4.32. The van der Waals surface area contributed by atoms with E-state index in [2.05, 4.69) is 15.8 Å². The van der Waals surface area contributed by atoms with Crippen LogP contribution in [0.5, 0.6) is 0 Å². The second-order valence-corrected chi connectivity index (χ2v) is 8.36. The average Bonchev–Trinajstić information content (AvgIpc) is 3.02. The van der Waals surface area contributed by atoms with Crippen LogP contribution in [0, 0.1) is 0 Å². The molecule has 1 amide bonds. The summed E-state index contributed by atoms with van der Waals surface area (Å²) in [4.78, 5) is 30.1. The van der Waals surface area contributed by atoms with Gasteiger partial charge in [0, 0.05) is 21.7 Å². The molecule has 0 radical (unpaired) electrons. The van der Waals surface area contributed by atoms with E-state index in [4.69, 9.17) is 34.8 Å². The Morgan fingerprint density at radius 3 is 2.72 bits per heavy atom. The Labute approximate surface area is 184 Å². The van der Waals surface area contributed by atoms with Crippen molar-refractivity contribution in [2.75, 3.05) is 5.43 Å². The Bertz CT molecular complexity index is 1330. The topological polar surface area (TPSA) is 76.0 Å². The number of hydrazine groups is 1. The Hall–Kier alpha value is -2.32. The molecule has 6 nitrogen and oxygen atoms in total. The van der Waals surface area contributed by atoms with E-state index in [0.29, 0.717) is 37.6 Å². The van der Waals surface area contributed by atoms with Gasteiger partial charge in [0.15, 0.2) is 0 Å². The summed E-state index contributed by atoms with van der Waals surface area (Å²) >= 11 is 19.8. The molecule has 29 heavy (non-hydrogen) atoms. The number of thiophene rings is 1. The summed E-state index contributed by atoms with van der Waals surface area (Å²) in [7, 11) is 0. The van der Waals surface area contributed by atoms with Crippen LogP contribution in [0.25, 0.3) is 21.0 Å². The fraction of sp³-hybridized carbons (Fsp3) is 0.105. The van der Waals surface area contributed by atoms with Gasteiger partial charge in [-0.25, -0.2) is 4.98 Å². The number of benzene rings is 2. The van der Waals surface area contributed by atoms with Crippen LogP contribution >= 0.6 is 46.1 Å². The van der Waals surface area contributed by atoms with Crippen molar-refractivity contribution in [1.82, 2.24) is 15.0 Å². The lowest BCUT2D eigenvalue weighted by Gasteiger charge is -2.13. The molecule has 0 aliphatic rings. The molecule has 2 aromatic heterocycles. The van der Waals surface area contributed by atoms with Gasteiger partial charge in [-0.2, -0.15) is 0 Å². The van der Waals surface area contributed by atoms with Crippen LogP contribution in [0.4, 0.5) is 5.95 Å². The van der Waals surface area contributed by atoms with Crippen molar-refractivity contribution in [1.29, 1.82) is 0 Å². The number of nitrogens with zero attached hydrogens (tertiary/aromatic N) is 2. The van der Waals surface area contributed by atoms with Crippen LogP contribution in [0.1, 0.15) is 16.6 Å². The molecule has 0 saturated heterocycles. The zero-order valence-electron chi connectivity index (χ0n) is 14.9. The molecule has 0 bridgehead atoms. The van der Waals surface area contributed by atoms with Crippen LogP contribution in [-0.4, -0.2) is 15.5 Å². The molecule has 2 N–H and O–H groups in total. The number of carbonyl (C=O) groups is 1. The van der Waals surface area contributed by atoms with E-state index < -0.39 is 5.91 Å². The molecule has 148 valence electrons. The second kappa shape index (κ2) is 7.84. The molecule has 0 aliphatic heterocycles. The zero-order chi connectivity index (χ0) is 20.7. The maximum absolute atomic E-state index is 12.7. The number of aromatic nitrogens is 2. The van der Waals surface area contributed by atoms with Crippen molar-refractivity contribution < 1.29 is 4.79 Å². The van der Waals surface area contributed by atoms with E-state index in [1.54, 1.807) is 36.4 Å². The monoisotopic (exact) mass is 466 g/mol. The highest BCUT2D eigenvalue weighted by Crippen LogP contribution is 2.41. The van der Waals surface area contributed by atoms with E-state index in [-0.39, 0.29) is 21.4 Å². The Kier molecular flexibility index (Phi) is 5.40.